The lowest BCUT2D eigenvalue weighted by atomic mass is 10.1. The van der Waals surface area contributed by atoms with Gasteiger partial charge in [-0.15, -0.1) is 0 Å². The Balaban J connectivity index is 1.97. The van der Waals surface area contributed by atoms with Gasteiger partial charge in [-0.2, -0.15) is 0 Å². The number of phenolic OH excluding ortho intramolecular Hbond substituents is 1. The van der Waals surface area contributed by atoms with Crippen LogP contribution in [-0.4, -0.2) is 17.6 Å². The summed E-state index contributed by atoms with van der Waals surface area (Å²) in [5, 5.41) is 12.5. The Labute approximate surface area is 101 Å². The Hall–Kier alpha value is -1.71. The quantitative estimate of drug-likeness (QED) is 0.552. The van der Waals surface area contributed by atoms with Gasteiger partial charge >= 0.3 is 0 Å². The van der Waals surface area contributed by atoms with Gasteiger partial charge in [0.1, 0.15) is 0 Å². The van der Waals surface area contributed by atoms with Gasteiger partial charge in [0.05, 0.1) is 11.3 Å². The number of para-hydroxylation sites is 1. The fourth-order valence-corrected chi connectivity index (χ4v) is 2.29. The van der Waals surface area contributed by atoms with Crippen LogP contribution >= 0.6 is 0 Å². The highest BCUT2D eigenvalue weighted by molar-refractivity contribution is 5.98. The van der Waals surface area contributed by atoms with E-state index < -0.39 is 0 Å². The number of aromatic hydroxyl groups is 1. The van der Waals surface area contributed by atoms with E-state index in [4.69, 9.17) is 5.73 Å². The molecule has 4 heteroatoms. The van der Waals surface area contributed by atoms with Crippen LogP contribution in [0, 0.1) is 5.92 Å². The summed E-state index contributed by atoms with van der Waals surface area (Å²) >= 11 is 0. The van der Waals surface area contributed by atoms with Crippen LogP contribution in [0.4, 0.5) is 5.69 Å². The molecule has 1 aliphatic carbocycles. The number of nitrogen functional groups attached to an aromatic ring is 1. The van der Waals surface area contributed by atoms with Gasteiger partial charge in [-0.05, 0) is 30.9 Å². The summed E-state index contributed by atoms with van der Waals surface area (Å²) in [7, 11) is 0. The molecular formula is C13H18N2O2. The maximum absolute atomic E-state index is 11.8. The van der Waals surface area contributed by atoms with Crippen LogP contribution in [-0.2, 0) is 0 Å². The Kier molecular flexibility index (Phi) is 3.52. The van der Waals surface area contributed by atoms with E-state index in [0.717, 1.165) is 0 Å². The molecule has 1 fully saturated rings. The van der Waals surface area contributed by atoms with E-state index in [9.17, 15) is 9.90 Å². The van der Waals surface area contributed by atoms with Crippen molar-refractivity contribution in [1.29, 1.82) is 0 Å². The van der Waals surface area contributed by atoms with Gasteiger partial charge in [-0.1, -0.05) is 18.9 Å². The third kappa shape index (κ3) is 2.70. The van der Waals surface area contributed by atoms with Gasteiger partial charge in [0.25, 0.3) is 5.91 Å². The fourth-order valence-electron chi connectivity index (χ4n) is 2.29. The molecule has 2 rings (SSSR count). The molecule has 0 bridgehead atoms. The van der Waals surface area contributed by atoms with Crippen molar-refractivity contribution in [1.82, 2.24) is 5.32 Å². The van der Waals surface area contributed by atoms with Crippen LogP contribution in [0.1, 0.15) is 36.0 Å². The average molecular weight is 234 g/mol. The Bertz CT molecular complexity index is 412. The second-order valence-corrected chi connectivity index (χ2v) is 4.60. The van der Waals surface area contributed by atoms with E-state index in [-0.39, 0.29) is 22.9 Å². The first-order valence-electron chi connectivity index (χ1n) is 6.04. The first kappa shape index (κ1) is 11.8. The Morgan fingerprint density at radius 1 is 1.41 bits per heavy atom. The van der Waals surface area contributed by atoms with Crippen LogP contribution in [0.15, 0.2) is 18.2 Å². The molecule has 0 unspecified atom stereocenters. The van der Waals surface area contributed by atoms with Gasteiger partial charge in [0.15, 0.2) is 5.75 Å². The average Bonchev–Trinajstić information content (AvgIpc) is 2.82. The number of nitrogens with one attached hydrogen (secondary N) is 1. The number of rotatable bonds is 3. The molecule has 1 aromatic carbocycles. The Morgan fingerprint density at radius 2 is 2.12 bits per heavy atom. The summed E-state index contributed by atoms with van der Waals surface area (Å²) < 4.78 is 0. The molecule has 4 N–H and O–H groups in total. The van der Waals surface area contributed by atoms with Crippen molar-refractivity contribution in [3.63, 3.8) is 0 Å². The zero-order valence-corrected chi connectivity index (χ0v) is 9.78. The molecule has 17 heavy (non-hydrogen) atoms. The molecule has 0 aliphatic heterocycles. The molecule has 0 atom stereocenters. The predicted molar refractivity (Wildman–Crippen MR) is 66.8 cm³/mol. The van der Waals surface area contributed by atoms with E-state index in [1.165, 1.54) is 25.7 Å². The topological polar surface area (TPSA) is 75.4 Å². The molecule has 4 nitrogen and oxygen atoms in total. The SMILES string of the molecule is Nc1cccc(C(=O)NCC2CCCC2)c1O. The summed E-state index contributed by atoms with van der Waals surface area (Å²) in [5.41, 5.74) is 6.03. The summed E-state index contributed by atoms with van der Waals surface area (Å²) in [4.78, 5) is 11.8. The molecule has 1 amide bonds. The van der Waals surface area contributed by atoms with Crippen molar-refractivity contribution < 1.29 is 9.90 Å². The summed E-state index contributed by atoms with van der Waals surface area (Å²) in [6.45, 7) is 0.688. The van der Waals surface area contributed by atoms with Crippen molar-refractivity contribution in [2.45, 2.75) is 25.7 Å². The Morgan fingerprint density at radius 3 is 2.82 bits per heavy atom. The molecular weight excluding hydrogens is 216 g/mol. The number of phenols is 1. The smallest absolute Gasteiger partial charge is 0.255 e. The third-order valence-corrected chi connectivity index (χ3v) is 3.34. The number of benzene rings is 1. The van der Waals surface area contributed by atoms with Crippen LogP contribution < -0.4 is 11.1 Å². The van der Waals surface area contributed by atoms with Crippen molar-refractivity contribution in [3.05, 3.63) is 23.8 Å². The minimum absolute atomic E-state index is 0.128. The van der Waals surface area contributed by atoms with Crippen LogP contribution in [0.5, 0.6) is 5.75 Å². The zero-order valence-electron chi connectivity index (χ0n) is 9.78. The lowest BCUT2D eigenvalue weighted by Crippen LogP contribution is -2.28. The highest BCUT2D eigenvalue weighted by atomic mass is 16.3. The second-order valence-electron chi connectivity index (χ2n) is 4.60. The molecule has 0 heterocycles. The van der Waals surface area contributed by atoms with Crippen molar-refractivity contribution in [2.75, 3.05) is 12.3 Å². The van der Waals surface area contributed by atoms with Crippen molar-refractivity contribution in [3.8, 4) is 5.75 Å². The minimum atomic E-state index is -0.248. The van der Waals surface area contributed by atoms with Crippen LogP contribution in [0.3, 0.4) is 0 Å². The minimum Gasteiger partial charge on any atom is -0.505 e. The number of nitrogens with two attached hydrogens (primary N) is 1. The van der Waals surface area contributed by atoms with Gasteiger partial charge in [0, 0.05) is 6.54 Å². The van der Waals surface area contributed by atoms with E-state index in [0.29, 0.717) is 12.5 Å². The molecule has 0 saturated heterocycles. The normalized spacial score (nSPS) is 16.0. The lowest BCUT2D eigenvalue weighted by Gasteiger charge is -2.11. The lowest BCUT2D eigenvalue weighted by molar-refractivity contribution is 0.0945. The van der Waals surface area contributed by atoms with Crippen LogP contribution in [0.2, 0.25) is 0 Å². The first-order chi connectivity index (χ1) is 8.18. The molecule has 1 aromatic rings. The third-order valence-electron chi connectivity index (χ3n) is 3.34. The first-order valence-corrected chi connectivity index (χ1v) is 6.04. The maximum Gasteiger partial charge on any atom is 0.255 e. The number of amides is 1. The van der Waals surface area contributed by atoms with E-state index >= 15 is 0 Å². The highest BCUT2D eigenvalue weighted by Gasteiger charge is 2.17. The summed E-state index contributed by atoms with van der Waals surface area (Å²) in [6.07, 6.45) is 4.88. The van der Waals surface area contributed by atoms with Gasteiger partial charge in [-0.25, -0.2) is 0 Å². The molecule has 0 spiro atoms. The molecule has 0 radical (unpaired) electrons. The van der Waals surface area contributed by atoms with E-state index in [1.807, 2.05) is 0 Å². The summed E-state index contributed by atoms with van der Waals surface area (Å²) in [5.74, 6) is 0.209. The number of carbonyl (C=O) groups is 1. The van der Waals surface area contributed by atoms with Crippen molar-refractivity contribution >= 4 is 11.6 Å². The maximum atomic E-state index is 11.8. The highest BCUT2D eigenvalue weighted by Crippen LogP contribution is 2.26. The predicted octanol–water partition coefficient (Wildman–Crippen LogP) is 1.89. The van der Waals surface area contributed by atoms with Gasteiger partial charge < -0.3 is 16.2 Å². The molecule has 1 aliphatic rings. The second kappa shape index (κ2) is 5.08. The largest absolute Gasteiger partial charge is 0.505 e. The number of hydrogen-bond donors (Lipinski definition) is 3. The molecule has 92 valence electrons. The zero-order chi connectivity index (χ0) is 12.3. The fraction of sp³-hybridized carbons (Fsp3) is 0.462. The van der Waals surface area contributed by atoms with E-state index in [1.54, 1.807) is 18.2 Å². The molecule has 0 aromatic heterocycles. The van der Waals surface area contributed by atoms with E-state index in [2.05, 4.69) is 5.32 Å². The van der Waals surface area contributed by atoms with Crippen LogP contribution in [0.25, 0.3) is 0 Å². The monoisotopic (exact) mass is 234 g/mol. The van der Waals surface area contributed by atoms with Gasteiger partial charge in [0.2, 0.25) is 0 Å². The standard InChI is InChI=1S/C13H18N2O2/c14-11-7-3-6-10(12(11)16)13(17)15-8-9-4-1-2-5-9/h3,6-7,9,16H,1-2,4-5,8,14H2,(H,15,17). The summed E-state index contributed by atoms with van der Waals surface area (Å²) in [6, 6.07) is 4.82. The van der Waals surface area contributed by atoms with Gasteiger partial charge in [-0.3, -0.25) is 4.79 Å². The van der Waals surface area contributed by atoms with Crippen molar-refractivity contribution in [2.24, 2.45) is 5.92 Å². The number of carbonyl (C=O) groups excluding carboxylic acids is 1. The number of anilines is 1. The number of hydrogen-bond acceptors (Lipinski definition) is 3. The molecule has 1 saturated carbocycles.